The molecule has 28 heavy (non-hydrogen) atoms. The van der Waals surface area contributed by atoms with Gasteiger partial charge in [-0.15, -0.1) is 0 Å². The van der Waals surface area contributed by atoms with E-state index in [1.807, 2.05) is 13.8 Å². The summed E-state index contributed by atoms with van der Waals surface area (Å²) in [6.07, 6.45) is 0.659. The minimum atomic E-state index is -3.26. The third-order valence-corrected chi connectivity index (χ3v) is 6.75. The van der Waals surface area contributed by atoms with Crippen LogP contribution in [-0.2, 0) is 16.9 Å². The molecule has 2 rings (SSSR count). The van der Waals surface area contributed by atoms with E-state index in [4.69, 9.17) is 0 Å². The molecule has 0 spiro atoms. The van der Waals surface area contributed by atoms with Gasteiger partial charge in [0.2, 0.25) is 0 Å². The molecule has 0 aromatic heterocycles. The monoisotopic (exact) mass is 416 g/mol. The van der Waals surface area contributed by atoms with Crippen LogP contribution in [0, 0.1) is 11.7 Å². The van der Waals surface area contributed by atoms with E-state index in [9.17, 15) is 4.21 Å². The molecule has 0 N–H and O–H groups in total. The zero-order chi connectivity index (χ0) is 21.3. The molecule has 1 aromatic carbocycles. The zero-order valence-corrected chi connectivity index (χ0v) is 18.4. The van der Waals surface area contributed by atoms with Crippen molar-refractivity contribution in [1.82, 2.24) is 4.90 Å². The zero-order valence-electron chi connectivity index (χ0n) is 17.6. The van der Waals surface area contributed by atoms with Crippen LogP contribution in [0.3, 0.4) is 0 Å². The van der Waals surface area contributed by atoms with E-state index in [2.05, 4.69) is 9.30 Å². The highest BCUT2D eigenvalue weighted by molar-refractivity contribution is 7.85. The van der Waals surface area contributed by atoms with Gasteiger partial charge in [0.25, 0.3) is 5.92 Å². The number of nitrogens with zero attached hydrogens (tertiary/aromatic N) is 2. The summed E-state index contributed by atoms with van der Waals surface area (Å²) in [5.74, 6) is -5.12. The lowest BCUT2D eigenvalue weighted by atomic mass is 9.85. The summed E-state index contributed by atoms with van der Waals surface area (Å²) >= 11 is 0. The number of hydrogen-bond donors (Lipinski definition) is 0. The van der Waals surface area contributed by atoms with Gasteiger partial charge in [-0.2, -0.15) is 4.40 Å². The molecule has 158 valence electrons. The number of piperidine rings is 1. The van der Waals surface area contributed by atoms with Crippen LogP contribution >= 0.6 is 0 Å². The molecule has 1 heterocycles. The maximum absolute atomic E-state index is 15.2. The van der Waals surface area contributed by atoms with Crippen molar-refractivity contribution in [2.45, 2.75) is 71.1 Å². The van der Waals surface area contributed by atoms with E-state index < -0.39 is 39.0 Å². The molecule has 7 heteroatoms. The topological polar surface area (TPSA) is 32.7 Å². The van der Waals surface area contributed by atoms with Crippen molar-refractivity contribution in [3.05, 3.63) is 35.1 Å². The molecule has 0 aliphatic carbocycles. The summed E-state index contributed by atoms with van der Waals surface area (Å²) < 4.78 is 61.0. The second-order valence-electron chi connectivity index (χ2n) is 8.73. The second-order valence-corrected chi connectivity index (χ2v) is 10.6. The van der Waals surface area contributed by atoms with Crippen molar-refractivity contribution in [2.75, 3.05) is 13.1 Å². The number of halogens is 3. The maximum Gasteiger partial charge on any atom is 0.278 e. The Morgan fingerprint density at radius 1 is 1.21 bits per heavy atom. The molecule has 0 bridgehead atoms. The molecule has 1 fully saturated rings. The number of alkyl halides is 2. The van der Waals surface area contributed by atoms with Crippen LogP contribution < -0.4 is 0 Å². The van der Waals surface area contributed by atoms with E-state index in [0.717, 1.165) is 6.07 Å². The highest BCUT2D eigenvalue weighted by Gasteiger charge is 2.45. The minimum Gasteiger partial charge on any atom is -0.301 e. The van der Waals surface area contributed by atoms with Crippen LogP contribution in [0.1, 0.15) is 65.5 Å². The van der Waals surface area contributed by atoms with Crippen molar-refractivity contribution in [3.63, 3.8) is 0 Å². The lowest BCUT2D eigenvalue weighted by Gasteiger charge is -2.38. The molecule has 1 saturated heterocycles. The molecule has 0 amide bonds. The maximum atomic E-state index is 15.2. The van der Waals surface area contributed by atoms with Gasteiger partial charge in [-0.05, 0) is 67.5 Å². The highest BCUT2D eigenvalue weighted by Crippen LogP contribution is 2.43. The molecule has 1 aromatic rings. The number of benzene rings is 1. The fraction of sp³-hybridized carbons (Fsp3) is 0.667. The Hall–Kier alpha value is -1.21. The van der Waals surface area contributed by atoms with Gasteiger partial charge >= 0.3 is 0 Å². The SMILES string of the molecule is C/C(=N/[S@@](=O)C(C)(C)C)c1cccc(C(F)(F)C2CCN(C(C)C)CC2)c1F. The van der Waals surface area contributed by atoms with Crippen molar-refractivity contribution in [3.8, 4) is 0 Å². The first-order valence-electron chi connectivity index (χ1n) is 9.74. The summed E-state index contributed by atoms with van der Waals surface area (Å²) in [7, 11) is -1.59. The van der Waals surface area contributed by atoms with Gasteiger partial charge in [0, 0.05) is 17.5 Å². The summed E-state index contributed by atoms with van der Waals surface area (Å²) in [6, 6.07) is 4.30. The van der Waals surface area contributed by atoms with Crippen LogP contribution in [0.5, 0.6) is 0 Å². The Balaban J connectivity index is 2.31. The van der Waals surface area contributed by atoms with Crippen LogP contribution in [-0.4, -0.2) is 38.7 Å². The second kappa shape index (κ2) is 8.66. The first-order chi connectivity index (χ1) is 12.9. The van der Waals surface area contributed by atoms with Gasteiger partial charge in [0.1, 0.15) is 16.8 Å². The van der Waals surface area contributed by atoms with Crippen LogP contribution in [0.4, 0.5) is 13.2 Å². The van der Waals surface area contributed by atoms with Gasteiger partial charge in [-0.3, -0.25) is 0 Å². The molecule has 1 aliphatic heterocycles. The molecule has 1 atom stereocenters. The Morgan fingerprint density at radius 3 is 2.29 bits per heavy atom. The smallest absolute Gasteiger partial charge is 0.278 e. The fourth-order valence-corrected chi connectivity index (χ4v) is 4.00. The Kier molecular flexibility index (Phi) is 7.13. The standard InChI is InChI=1S/C21H31F3N2OS/c1-14(2)26-12-10-16(11-13-26)21(23,24)18-9-7-8-17(19(18)22)15(3)25-28(27)20(4,5)6/h7-9,14,16H,10-13H2,1-6H3/b25-15-/t28-/m0/s1. The molecule has 1 aliphatic rings. The van der Waals surface area contributed by atoms with Crippen molar-refractivity contribution in [1.29, 1.82) is 0 Å². The molecule has 0 saturated carbocycles. The number of likely N-dealkylation sites (tertiary alicyclic amines) is 1. The average molecular weight is 417 g/mol. The van der Waals surface area contributed by atoms with Crippen molar-refractivity contribution < 1.29 is 17.4 Å². The van der Waals surface area contributed by atoms with Gasteiger partial charge in [-0.1, -0.05) is 18.2 Å². The normalized spacial score (nSPS) is 19.3. The van der Waals surface area contributed by atoms with E-state index in [1.165, 1.54) is 19.1 Å². The lowest BCUT2D eigenvalue weighted by molar-refractivity contribution is -0.0899. The summed E-state index contributed by atoms with van der Waals surface area (Å²) in [4.78, 5) is 2.16. The van der Waals surface area contributed by atoms with Gasteiger partial charge in [0.15, 0.2) is 0 Å². The van der Waals surface area contributed by atoms with Gasteiger partial charge < -0.3 is 4.90 Å². The molecular formula is C21H31F3N2OS. The first kappa shape index (κ1) is 23.1. The molecule has 3 nitrogen and oxygen atoms in total. The van der Waals surface area contributed by atoms with E-state index in [0.29, 0.717) is 32.0 Å². The van der Waals surface area contributed by atoms with Crippen molar-refractivity contribution in [2.24, 2.45) is 10.3 Å². The third-order valence-electron chi connectivity index (χ3n) is 5.26. The predicted octanol–water partition coefficient (Wildman–Crippen LogP) is 5.31. The minimum absolute atomic E-state index is 0.0191. The molecule has 0 unspecified atom stereocenters. The lowest BCUT2D eigenvalue weighted by Crippen LogP contribution is -2.42. The van der Waals surface area contributed by atoms with E-state index >= 15 is 13.2 Å². The summed E-state index contributed by atoms with van der Waals surface area (Å²) in [5, 5.41) is 0. The number of rotatable bonds is 5. The molecule has 0 radical (unpaired) electrons. The number of hydrogen-bond acceptors (Lipinski definition) is 2. The Bertz CT molecular complexity index is 749. The quantitative estimate of drug-likeness (QED) is 0.610. The highest BCUT2D eigenvalue weighted by atomic mass is 32.2. The van der Waals surface area contributed by atoms with Gasteiger partial charge in [0.05, 0.1) is 16.0 Å². The predicted molar refractivity (Wildman–Crippen MR) is 110 cm³/mol. The Labute approximate surface area is 169 Å². The first-order valence-corrected chi connectivity index (χ1v) is 10.8. The average Bonchev–Trinajstić information content (AvgIpc) is 2.60. The molecular weight excluding hydrogens is 385 g/mol. The van der Waals surface area contributed by atoms with Crippen molar-refractivity contribution >= 4 is 16.7 Å². The summed E-state index contributed by atoms with van der Waals surface area (Å²) in [5.41, 5.74) is -0.448. The third kappa shape index (κ3) is 5.03. The van der Waals surface area contributed by atoms with E-state index in [1.54, 1.807) is 20.8 Å². The summed E-state index contributed by atoms with van der Waals surface area (Å²) in [6.45, 7) is 12.0. The Morgan fingerprint density at radius 2 is 1.79 bits per heavy atom. The van der Waals surface area contributed by atoms with Crippen LogP contribution in [0.2, 0.25) is 0 Å². The van der Waals surface area contributed by atoms with Gasteiger partial charge in [-0.25, -0.2) is 17.4 Å². The van der Waals surface area contributed by atoms with Crippen LogP contribution in [0.25, 0.3) is 0 Å². The fourth-order valence-electron chi connectivity index (χ4n) is 3.38. The van der Waals surface area contributed by atoms with Crippen LogP contribution in [0.15, 0.2) is 22.6 Å². The largest absolute Gasteiger partial charge is 0.301 e. The van der Waals surface area contributed by atoms with E-state index in [-0.39, 0.29) is 11.3 Å².